The van der Waals surface area contributed by atoms with Crippen LogP contribution in [0.15, 0.2) is 18.5 Å². The Morgan fingerprint density at radius 3 is 2.53 bits per heavy atom. The predicted molar refractivity (Wildman–Crippen MR) is 79.5 cm³/mol. The first-order chi connectivity index (χ1) is 9.22. The van der Waals surface area contributed by atoms with Gasteiger partial charge in [0.1, 0.15) is 0 Å². The second-order valence-electron chi connectivity index (χ2n) is 5.53. The van der Waals surface area contributed by atoms with Gasteiger partial charge >= 0.3 is 0 Å². The molecule has 0 spiro atoms. The Kier molecular flexibility index (Phi) is 5.02. The zero-order chi connectivity index (χ0) is 13.6. The zero-order valence-corrected chi connectivity index (χ0v) is 11.8. The van der Waals surface area contributed by atoms with Crippen LogP contribution in [-0.2, 0) is 0 Å². The summed E-state index contributed by atoms with van der Waals surface area (Å²) < 4.78 is 0. The molecule has 0 saturated heterocycles. The van der Waals surface area contributed by atoms with E-state index in [1.165, 1.54) is 6.42 Å². The lowest BCUT2D eigenvalue weighted by Gasteiger charge is -2.32. The Hall–Kier alpha value is -1.29. The van der Waals surface area contributed by atoms with Gasteiger partial charge in [0.25, 0.3) is 0 Å². The second kappa shape index (κ2) is 6.75. The van der Waals surface area contributed by atoms with Crippen LogP contribution in [0.25, 0.3) is 0 Å². The number of pyridine rings is 1. The van der Waals surface area contributed by atoms with Crippen molar-refractivity contribution in [2.45, 2.75) is 51.0 Å². The predicted octanol–water partition coefficient (Wildman–Crippen LogP) is 3.01. The van der Waals surface area contributed by atoms with Gasteiger partial charge in [0.05, 0.1) is 29.4 Å². The minimum Gasteiger partial charge on any atom is -0.388 e. The fourth-order valence-corrected chi connectivity index (χ4v) is 2.56. The lowest BCUT2D eigenvalue weighted by Crippen LogP contribution is -2.38. The third-order valence-electron chi connectivity index (χ3n) is 3.72. The van der Waals surface area contributed by atoms with Crippen LogP contribution in [0.3, 0.4) is 0 Å². The molecule has 4 heteroatoms. The van der Waals surface area contributed by atoms with Gasteiger partial charge in [0.2, 0.25) is 0 Å². The summed E-state index contributed by atoms with van der Waals surface area (Å²) in [5.41, 5.74) is 1.47. The Morgan fingerprint density at radius 1 is 1.16 bits per heavy atom. The summed E-state index contributed by atoms with van der Waals surface area (Å²) in [6.45, 7) is 3.71. The molecular formula is C15H25N3O. The molecule has 3 N–H and O–H groups in total. The van der Waals surface area contributed by atoms with Crippen molar-refractivity contribution in [3.63, 3.8) is 0 Å². The highest BCUT2D eigenvalue weighted by Gasteiger charge is 2.28. The van der Waals surface area contributed by atoms with Gasteiger partial charge in [0, 0.05) is 13.1 Å². The monoisotopic (exact) mass is 263 g/mol. The topological polar surface area (TPSA) is 57.2 Å². The minimum absolute atomic E-state index is 0.537. The number of nitrogens with zero attached hydrogens (tertiary/aromatic N) is 1. The van der Waals surface area contributed by atoms with Crippen LogP contribution in [-0.4, -0.2) is 28.8 Å². The molecule has 1 aromatic rings. The van der Waals surface area contributed by atoms with E-state index in [9.17, 15) is 5.11 Å². The molecule has 1 aliphatic rings. The standard InChI is InChI=1S/C15H25N3O/c1-2-8-17-13-9-14(11-16-10-13)18-12-15(19)6-4-3-5-7-15/h9-11,17-19H,2-8,12H2,1H3. The van der Waals surface area contributed by atoms with Gasteiger partial charge in [-0.05, 0) is 25.3 Å². The minimum atomic E-state index is -0.537. The highest BCUT2D eigenvalue weighted by atomic mass is 16.3. The number of rotatable bonds is 6. The highest BCUT2D eigenvalue weighted by molar-refractivity contribution is 5.54. The van der Waals surface area contributed by atoms with E-state index in [0.29, 0.717) is 6.54 Å². The molecule has 1 aromatic heterocycles. The molecule has 4 nitrogen and oxygen atoms in total. The molecule has 1 heterocycles. The van der Waals surface area contributed by atoms with E-state index in [0.717, 1.165) is 50.0 Å². The van der Waals surface area contributed by atoms with Crippen LogP contribution in [0.4, 0.5) is 11.4 Å². The third-order valence-corrected chi connectivity index (χ3v) is 3.72. The van der Waals surface area contributed by atoms with Crippen molar-refractivity contribution in [1.29, 1.82) is 0 Å². The maximum absolute atomic E-state index is 10.4. The summed E-state index contributed by atoms with van der Waals surface area (Å²) in [7, 11) is 0. The Balaban J connectivity index is 1.88. The van der Waals surface area contributed by atoms with Gasteiger partial charge in [-0.15, -0.1) is 0 Å². The van der Waals surface area contributed by atoms with Gasteiger partial charge in [-0.2, -0.15) is 0 Å². The quantitative estimate of drug-likeness (QED) is 0.738. The van der Waals surface area contributed by atoms with E-state index in [1.54, 1.807) is 0 Å². The van der Waals surface area contributed by atoms with Gasteiger partial charge in [-0.3, -0.25) is 4.98 Å². The molecule has 0 radical (unpaired) electrons. The van der Waals surface area contributed by atoms with Crippen LogP contribution < -0.4 is 10.6 Å². The Labute approximate surface area is 115 Å². The van der Waals surface area contributed by atoms with Crippen LogP contribution in [0.2, 0.25) is 0 Å². The molecule has 1 saturated carbocycles. The number of anilines is 2. The number of aliphatic hydroxyl groups is 1. The van der Waals surface area contributed by atoms with Gasteiger partial charge < -0.3 is 15.7 Å². The number of aromatic nitrogens is 1. The first kappa shape index (κ1) is 14.1. The summed E-state index contributed by atoms with van der Waals surface area (Å²) in [6, 6.07) is 2.05. The fraction of sp³-hybridized carbons (Fsp3) is 0.667. The van der Waals surface area contributed by atoms with Crippen molar-refractivity contribution in [2.75, 3.05) is 23.7 Å². The zero-order valence-electron chi connectivity index (χ0n) is 11.8. The van der Waals surface area contributed by atoms with E-state index in [4.69, 9.17) is 0 Å². The molecule has 1 aliphatic carbocycles. The number of hydrogen-bond acceptors (Lipinski definition) is 4. The third kappa shape index (κ3) is 4.39. The normalized spacial score (nSPS) is 18.0. The van der Waals surface area contributed by atoms with Crippen molar-refractivity contribution >= 4 is 11.4 Å². The summed E-state index contributed by atoms with van der Waals surface area (Å²) in [5, 5.41) is 17.1. The molecule has 0 aliphatic heterocycles. The smallest absolute Gasteiger partial charge is 0.0819 e. The second-order valence-corrected chi connectivity index (χ2v) is 5.53. The van der Waals surface area contributed by atoms with Gasteiger partial charge in [0.15, 0.2) is 0 Å². The summed E-state index contributed by atoms with van der Waals surface area (Å²) in [5.74, 6) is 0. The maximum atomic E-state index is 10.4. The van der Waals surface area contributed by atoms with Crippen molar-refractivity contribution < 1.29 is 5.11 Å². The molecule has 0 aromatic carbocycles. The first-order valence-corrected chi connectivity index (χ1v) is 7.37. The molecule has 19 heavy (non-hydrogen) atoms. The Bertz CT molecular complexity index is 389. The summed E-state index contributed by atoms with van der Waals surface area (Å²) in [6.07, 6.45) is 10.1. The van der Waals surface area contributed by atoms with E-state index < -0.39 is 5.60 Å². The average molecular weight is 263 g/mol. The Morgan fingerprint density at radius 2 is 1.84 bits per heavy atom. The molecule has 0 amide bonds. The van der Waals surface area contributed by atoms with Crippen molar-refractivity contribution in [3.8, 4) is 0 Å². The van der Waals surface area contributed by atoms with Crippen LogP contribution in [0, 0.1) is 0 Å². The van der Waals surface area contributed by atoms with E-state index in [2.05, 4.69) is 28.6 Å². The highest BCUT2D eigenvalue weighted by Crippen LogP contribution is 2.28. The molecule has 1 fully saturated rings. The molecular weight excluding hydrogens is 238 g/mol. The van der Waals surface area contributed by atoms with Crippen LogP contribution in [0.5, 0.6) is 0 Å². The maximum Gasteiger partial charge on any atom is 0.0819 e. The lowest BCUT2D eigenvalue weighted by atomic mass is 9.85. The largest absolute Gasteiger partial charge is 0.388 e. The molecule has 0 unspecified atom stereocenters. The van der Waals surface area contributed by atoms with E-state index >= 15 is 0 Å². The van der Waals surface area contributed by atoms with Crippen molar-refractivity contribution in [3.05, 3.63) is 18.5 Å². The van der Waals surface area contributed by atoms with Crippen molar-refractivity contribution in [2.24, 2.45) is 0 Å². The number of hydrogen-bond donors (Lipinski definition) is 3. The molecule has 106 valence electrons. The van der Waals surface area contributed by atoms with E-state index in [-0.39, 0.29) is 0 Å². The average Bonchev–Trinajstić information content (AvgIpc) is 2.44. The molecule has 0 atom stereocenters. The van der Waals surface area contributed by atoms with Gasteiger partial charge in [-0.1, -0.05) is 26.2 Å². The SMILES string of the molecule is CCCNc1cncc(NCC2(O)CCCCC2)c1. The van der Waals surface area contributed by atoms with E-state index in [1.807, 2.05) is 12.4 Å². The lowest BCUT2D eigenvalue weighted by molar-refractivity contribution is 0.0167. The van der Waals surface area contributed by atoms with Crippen LogP contribution >= 0.6 is 0 Å². The number of nitrogens with one attached hydrogen (secondary N) is 2. The summed E-state index contributed by atoms with van der Waals surface area (Å²) >= 11 is 0. The van der Waals surface area contributed by atoms with Crippen LogP contribution in [0.1, 0.15) is 45.4 Å². The summed E-state index contributed by atoms with van der Waals surface area (Å²) in [4.78, 5) is 4.22. The molecule has 0 bridgehead atoms. The van der Waals surface area contributed by atoms with Gasteiger partial charge in [-0.25, -0.2) is 0 Å². The molecule has 2 rings (SSSR count). The van der Waals surface area contributed by atoms with Crippen molar-refractivity contribution in [1.82, 2.24) is 4.98 Å². The first-order valence-electron chi connectivity index (χ1n) is 7.37. The fourth-order valence-electron chi connectivity index (χ4n) is 2.56.